The van der Waals surface area contributed by atoms with Crippen molar-refractivity contribution in [3.05, 3.63) is 70.4 Å². The van der Waals surface area contributed by atoms with E-state index in [0.717, 1.165) is 4.68 Å². The first-order valence-electron chi connectivity index (χ1n) is 12.6. The number of piperazine rings is 1. The van der Waals surface area contributed by atoms with Crippen LogP contribution in [0.4, 0.5) is 19.0 Å². The van der Waals surface area contributed by atoms with E-state index in [4.69, 9.17) is 21.1 Å². The summed E-state index contributed by atoms with van der Waals surface area (Å²) < 4.78 is 54.0. The van der Waals surface area contributed by atoms with E-state index in [1.807, 2.05) is 6.07 Å². The van der Waals surface area contributed by atoms with Crippen molar-refractivity contribution in [3.8, 4) is 11.5 Å². The first-order valence-corrected chi connectivity index (χ1v) is 13.0. The van der Waals surface area contributed by atoms with Gasteiger partial charge in [-0.3, -0.25) is 9.59 Å². The van der Waals surface area contributed by atoms with Crippen LogP contribution in [0.15, 0.2) is 48.5 Å². The number of methoxy groups -OCH3 is 2. The lowest BCUT2D eigenvalue weighted by Gasteiger charge is -2.34. The third kappa shape index (κ3) is 5.15. The number of hydrogen-bond acceptors (Lipinski definition) is 6. The Bertz CT molecular complexity index is 1410. The molecule has 13 heteroatoms. The molecule has 0 aliphatic carbocycles. The van der Waals surface area contributed by atoms with E-state index in [-0.39, 0.29) is 55.0 Å². The van der Waals surface area contributed by atoms with E-state index in [2.05, 4.69) is 10.4 Å². The molecule has 2 aliphatic heterocycles. The number of aromatic nitrogens is 2. The number of nitrogens with zero attached hydrogens (tertiary/aromatic N) is 4. The van der Waals surface area contributed by atoms with E-state index in [1.54, 1.807) is 47.4 Å². The molecule has 1 N–H and O–H groups in total. The Morgan fingerprint density at radius 3 is 2.17 bits per heavy atom. The molecule has 0 saturated carbocycles. The van der Waals surface area contributed by atoms with Crippen molar-refractivity contribution in [2.24, 2.45) is 0 Å². The maximum Gasteiger partial charge on any atom is 0.410 e. The van der Waals surface area contributed by atoms with Gasteiger partial charge in [0, 0.05) is 38.2 Å². The molecule has 2 amide bonds. The maximum absolute atomic E-state index is 14.2. The first kappa shape index (κ1) is 27.6. The molecule has 0 unspecified atom stereocenters. The summed E-state index contributed by atoms with van der Waals surface area (Å²) in [6.07, 6.45) is -5.03. The van der Waals surface area contributed by atoms with Crippen LogP contribution in [0.2, 0.25) is 5.02 Å². The molecule has 1 aromatic heterocycles. The Morgan fingerprint density at radius 1 is 0.950 bits per heavy atom. The Balaban J connectivity index is 1.38. The van der Waals surface area contributed by atoms with E-state index in [9.17, 15) is 22.8 Å². The van der Waals surface area contributed by atoms with Gasteiger partial charge in [-0.2, -0.15) is 18.3 Å². The minimum absolute atomic E-state index is 0.0868. The summed E-state index contributed by atoms with van der Waals surface area (Å²) in [7, 11) is 2.91. The highest BCUT2D eigenvalue weighted by Crippen LogP contribution is 2.47. The predicted octanol–water partition coefficient (Wildman–Crippen LogP) is 4.81. The summed E-state index contributed by atoms with van der Waals surface area (Å²) in [5.74, 6) is -0.0192. The number of amides is 2. The number of carbonyl (C=O) groups is 2. The summed E-state index contributed by atoms with van der Waals surface area (Å²) >= 11 is 6.52. The molecule has 2 aromatic carbocycles. The number of rotatable bonds is 5. The Labute approximate surface area is 233 Å². The van der Waals surface area contributed by atoms with Crippen molar-refractivity contribution in [2.75, 3.05) is 45.7 Å². The van der Waals surface area contributed by atoms with E-state index >= 15 is 0 Å². The second kappa shape index (κ2) is 10.9. The zero-order valence-electron chi connectivity index (χ0n) is 21.7. The van der Waals surface area contributed by atoms with Gasteiger partial charge in [0.15, 0.2) is 23.2 Å². The number of anilines is 1. The third-order valence-corrected chi connectivity index (χ3v) is 7.54. The summed E-state index contributed by atoms with van der Waals surface area (Å²) in [5.41, 5.74) is 0.803. The highest BCUT2D eigenvalue weighted by atomic mass is 35.5. The normalized spacial score (nSPS) is 19.1. The van der Waals surface area contributed by atoms with Crippen LogP contribution < -0.4 is 14.8 Å². The van der Waals surface area contributed by atoms with Crippen molar-refractivity contribution >= 4 is 29.2 Å². The smallest absolute Gasteiger partial charge is 0.410 e. The largest absolute Gasteiger partial charge is 0.493 e. The van der Waals surface area contributed by atoms with Crippen LogP contribution in [0, 0.1) is 0 Å². The highest BCUT2D eigenvalue weighted by molar-refractivity contribution is 6.36. The zero-order valence-corrected chi connectivity index (χ0v) is 22.5. The lowest BCUT2D eigenvalue weighted by atomic mass is 9.96. The third-order valence-electron chi connectivity index (χ3n) is 7.18. The van der Waals surface area contributed by atoms with E-state index in [0.29, 0.717) is 22.6 Å². The summed E-state index contributed by atoms with van der Waals surface area (Å²) in [4.78, 5) is 29.2. The summed E-state index contributed by atoms with van der Waals surface area (Å²) in [6.45, 7) is 0.936. The minimum Gasteiger partial charge on any atom is -0.493 e. The fourth-order valence-corrected chi connectivity index (χ4v) is 5.30. The lowest BCUT2D eigenvalue weighted by Crippen LogP contribution is -2.50. The zero-order chi connectivity index (χ0) is 28.6. The Morgan fingerprint density at radius 2 is 1.57 bits per heavy atom. The number of nitrogens with one attached hydrogen (secondary N) is 1. The van der Waals surface area contributed by atoms with Gasteiger partial charge in [-0.25, -0.2) is 4.68 Å². The molecule has 0 radical (unpaired) electrons. The van der Waals surface area contributed by atoms with Crippen LogP contribution in [0.5, 0.6) is 11.5 Å². The lowest BCUT2D eigenvalue weighted by molar-refractivity contribution is -0.173. The molecule has 2 atom stereocenters. The monoisotopic (exact) mass is 577 g/mol. The van der Waals surface area contributed by atoms with Crippen LogP contribution in [0.1, 0.15) is 44.9 Å². The highest BCUT2D eigenvalue weighted by Gasteiger charge is 2.48. The van der Waals surface area contributed by atoms with Crippen molar-refractivity contribution < 1.29 is 32.2 Å². The average molecular weight is 578 g/mol. The number of alkyl halides is 3. The molecule has 1 saturated heterocycles. The molecule has 9 nitrogen and oxygen atoms in total. The van der Waals surface area contributed by atoms with Gasteiger partial charge in [0.1, 0.15) is 10.8 Å². The summed E-state index contributed by atoms with van der Waals surface area (Å²) in [5, 5.41) is 6.90. The van der Waals surface area contributed by atoms with E-state index < -0.39 is 24.2 Å². The number of halogens is 4. The van der Waals surface area contributed by atoms with Crippen LogP contribution >= 0.6 is 11.6 Å². The molecule has 5 rings (SSSR count). The maximum atomic E-state index is 14.2. The van der Waals surface area contributed by atoms with Gasteiger partial charge >= 0.3 is 6.18 Å². The first-order chi connectivity index (χ1) is 19.1. The van der Waals surface area contributed by atoms with Crippen LogP contribution in [0.3, 0.4) is 0 Å². The second-order valence-corrected chi connectivity index (χ2v) is 9.89. The molecular weight excluding hydrogens is 551 g/mol. The van der Waals surface area contributed by atoms with Gasteiger partial charge in [-0.15, -0.1) is 0 Å². The predicted molar refractivity (Wildman–Crippen MR) is 141 cm³/mol. The van der Waals surface area contributed by atoms with Crippen molar-refractivity contribution in [1.82, 2.24) is 19.6 Å². The number of benzene rings is 2. The Kier molecular flexibility index (Phi) is 7.54. The number of carbonyl (C=O) groups excluding carboxylic acids is 2. The molecule has 40 heavy (non-hydrogen) atoms. The van der Waals surface area contributed by atoms with Gasteiger partial charge in [0.25, 0.3) is 11.8 Å². The SMILES string of the molecule is COc1ccc([C@@H]2C[C@@H](C(F)(F)F)n3nc(C(=O)N4CCN(C(=O)c5ccccc5)CC4)c(Cl)c3N2)cc1OC. The topological polar surface area (TPSA) is 88.9 Å². The molecule has 3 aromatic rings. The quantitative estimate of drug-likeness (QED) is 0.468. The molecule has 212 valence electrons. The fraction of sp³-hybridized carbons (Fsp3) is 0.370. The van der Waals surface area contributed by atoms with Gasteiger partial charge < -0.3 is 24.6 Å². The van der Waals surface area contributed by atoms with Gasteiger partial charge in [0.05, 0.1) is 20.3 Å². The van der Waals surface area contributed by atoms with Crippen molar-refractivity contribution in [2.45, 2.75) is 24.7 Å². The number of fused-ring (bicyclic) bond motifs is 1. The van der Waals surface area contributed by atoms with Crippen molar-refractivity contribution in [1.29, 1.82) is 0 Å². The summed E-state index contributed by atoms with van der Waals surface area (Å²) in [6, 6.07) is 10.9. The molecule has 1 fully saturated rings. The van der Waals surface area contributed by atoms with Crippen molar-refractivity contribution in [3.63, 3.8) is 0 Å². The van der Waals surface area contributed by atoms with Gasteiger partial charge in [0.2, 0.25) is 0 Å². The molecular formula is C27H27ClF3N5O4. The van der Waals surface area contributed by atoms with Crippen LogP contribution in [0.25, 0.3) is 0 Å². The van der Waals surface area contributed by atoms with Crippen LogP contribution in [-0.4, -0.2) is 78.0 Å². The van der Waals surface area contributed by atoms with E-state index in [1.165, 1.54) is 19.1 Å². The molecule has 0 bridgehead atoms. The second-order valence-electron chi connectivity index (χ2n) is 9.51. The molecule has 3 heterocycles. The average Bonchev–Trinajstić information content (AvgIpc) is 3.31. The minimum atomic E-state index is -4.65. The van der Waals surface area contributed by atoms with Gasteiger partial charge in [-0.05, 0) is 29.8 Å². The van der Waals surface area contributed by atoms with Gasteiger partial charge in [-0.1, -0.05) is 35.9 Å². The number of ether oxygens (including phenoxy) is 2. The molecule has 0 spiro atoms. The fourth-order valence-electron chi connectivity index (χ4n) is 5.04. The standard InChI is InChI=1S/C27H27ClF3N5O4/c1-39-19-9-8-17(14-20(19)40-2)18-15-21(27(29,30)31)36-24(32-18)22(28)23(33-36)26(38)35-12-10-34(11-13-35)25(37)16-6-4-3-5-7-16/h3-9,14,18,21,32H,10-13,15H2,1-2H3/t18-,21-/m0/s1. The van der Waals surface area contributed by atoms with Crippen LogP contribution in [-0.2, 0) is 0 Å². The molecule has 2 aliphatic rings. The Hall–Kier alpha value is -3.93. The number of hydrogen-bond donors (Lipinski definition) is 1.